The van der Waals surface area contributed by atoms with E-state index in [0.29, 0.717) is 25.9 Å². The quantitative estimate of drug-likeness (QED) is 0.449. The number of alkyl halides is 3. The Balaban J connectivity index is 1.12. The Hall–Kier alpha value is -3.59. The summed E-state index contributed by atoms with van der Waals surface area (Å²) in [6.45, 7) is 5.30. The highest BCUT2D eigenvalue weighted by atomic mass is 19.4. The molecule has 0 atom stereocenters. The Bertz CT molecular complexity index is 1220. The van der Waals surface area contributed by atoms with Crippen LogP contribution in [0.2, 0.25) is 0 Å². The number of pyridine rings is 1. The fraction of sp³-hybridized carbons (Fsp3) is 0.379. The second-order valence-corrected chi connectivity index (χ2v) is 9.75. The summed E-state index contributed by atoms with van der Waals surface area (Å²) in [7, 11) is 0. The van der Waals surface area contributed by atoms with E-state index in [-0.39, 0.29) is 11.7 Å². The first-order chi connectivity index (χ1) is 18.4. The molecular formula is C29H31F3N4O2. The molecule has 1 aromatic heterocycles. The molecule has 2 aliphatic rings. The predicted octanol–water partition coefficient (Wildman–Crippen LogP) is 5.11. The number of anilines is 1. The van der Waals surface area contributed by atoms with Gasteiger partial charge in [0.15, 0.2) is 0 Å². The highest BCUT2D eigenvalue weighted by Gasteiger charge is 2.36. The van der Waals surface area contributed by atoms with E-state index in [1.165, 1.54) is 28.7 Å². The number of amides is 1. The fourth-order valence-corrected chi connectivity index (χ4v) is 5.11. The zero-order valence-corrected chi connectivity index (χ0v) is 21.1. The molecule has 0 unspecified atom stereocenters. The number of hydrogen-bond acceptors (Lipinski definition) is 5. The summed E-state index contributed by atoms with van der Waals surface area (Å²) in [5.41, 5.74) is -0.0172. The van der Waals surface area contributed by atoms with Crippen molar-refractivity contribution in [2.24, 2.45) is 0 Å². The number of carbonyl (C=O) groups excluding carboxylic acids is 1. The summed E-state index contributed by atoms with van der Waals surface area (Å²) in [6.07, 6.45) is -1.69. The van der Waals surface area contributed by atoms with Crippen molar-refractivity contribution in [3.05, 3.63) is 89.6 Å². The lowest BCUT2D eigenvalue weighted by Gasteiger charge is -2.35. The standard InChI is InChI=1S/C29H31F3N4O2/c30-29(31,32)26-9-2-1-8-25(26)28(37)36-14-11-23(12-15-36)38-24-7-5-6-22(20-24)21-34-16-18-35(19-17-34)27-10-3-4-13-33-27/h1-10,13,20,23H,11-12,14-19,21H2. The average molecular weight is 525 g/mol. The fourth-order valence-electron chi connectivity index (χ4n) is 5.11. The highest BCUT2D eigenvalue weighted by molar-refractivity contribution is 5.96. The number of ether oxygens (including phenoxy) is 1. The van der Waals surface area contributed by atoms with Crippen LogP contribution < -0.4 is 9.64 Å². The number of piperidine rings is 1. The maximum Gasteiger partial charge on any atom is 0.417 e. The number of likely N-dealkylation sites (tertiary alicyclic amines) is 1. The van der Waals surface area contributed by atoms with Crippen LogP contribution in [0.4, 0.5) is 19.0 Å². The number of benzene rings is 2. The van der Waals surface area contributed by atoms with E-state index < -0.39 is 17.6 Å². The van der Waals surface area contributed by atoms with Gasteiger partial charge in [0.1, 0.15) is 17.7 Å². The number of piperazine rings is 1. The van der Waals surface area contributed by atoms with Gasteiger partial charge in [0.25, 0.3) is 5.91 Å². The Morgan fingerprint density at radius 3 is 2.34 bits per heavy atom. The molecule has 0 bridgehead atoms. The summed E-state index contributed by atoms with van der Waals surface area (Å²) in [4.78, 5) is 23.5. The molecule has 5 rings (SSSR count). The van der Waals surface area contributed by atoms with Gasteiger partial charge in [-0.1, -0.05) is 30.3 Å². The molecule has 3 aromatic rings. The van der Waals surface area contributed by atoms with E-state index in [9.17, 15) is 18.0 Å². The number of aromatic nitrogens is 1. The number of halogens is 3. The molecule has 0 saturated carbocycles. The predicted molar refractivity (Wildman–Crippen MR) is 139 cm³/mol. The lowest BCUT2D eigenvalue weighted by atomic mass is 10.0. The lowest BCUT2D eigenvalue weighted by molar-refractivity contribution is -0.138. The molecule has 200 valence electrons. The van der Waals surface area contributed by atoms with E-state index in [1.54, 1.807) is 0 Å². The van der Waals surface area contributed by atoms with Crippen LogP contribution in [0, 0.1) is 0 Å². The van der Waals surface area contributed by atoms with Crippen LogP contribution in [0.1, 0.15) is 34.3 Å². The molecule has 9 heteroatoms. The Labute approximate surface area is 220 Å². The SMILES string of the molecule is O=C(c1ccccc1C(F)(F)F)N1CCC(Oc2cccc(CN3CCN(c4ccccn4)CC3)c2)CC1. The van der Waals surface area contributed by atoms with Gasteiger partial charge in [-0.25, -0.2) is 4.98 Å². The van der Waals surface area contributed by atoms with Gasteiger partial charge in [0, 0.05) is 64.9 Å². The van der Waals surface area contributed by atoms with Crippen molar-refractivity contribution in [2.75, 3.05) is 44.2 Å². The minimum absolute atomic E-state index is 0.0888. The van der Waals surface area contributed by atoms with Gasteiger partial charge in [0.2, 0.25) is 0 Å². The van der Waals surface area contributed by atoms with Gasteiger partial charge in [-0.3, -0.25) is 9.69 Å². The van der Waals surface area contributed by atoms with E-state index in [4.69, 9.17) is 4.74 Å². The summed E-state index contributed by atoms with van der Waals surface area (Å²) in [5.74, 6) is 1.21. The molecule has 2 fully saturated rings. The Kier molecular flexibility index (Phi) is 7.83. The van der Waals surface area contributed by atoms with Gasteiger partial charge < -0.3 is 14.5 Å². The van der Waals surface area contributed by atoms with Crippen molar-refractivity contribution in [1.29, 1.82) is 0 Å². The molecule has 0 aliphatic carbocycles. The minimum Gasteiger partial charge on any atom is -0.490 e. The first-order valence-corrected chi connectivity index (χ1v) is 13.0. The van der Waals surface area contributed by atoms with Gasteiger partial charge in [-0.15, -0.1) is 0 Å². The van der Waals surface area contributed by atoms with Crippen LogP contribution in [-0.4, -0.2) is 66.1 Å². The molecule has 6 nitrogen and oxygen atoms in total. The van der Waals surface area contributed by atoms with E-state index in [0.717, 1.165) is 50.4 Å². The molecule has 0 spiro atoms. The Morgan fingerprint density at radius 2 is 1.63 bits per heavy atom. The van der Waals surface area contributed by atoms with Crippen molar-refractivity contribution in [2.45, 2.75) is 31.7 Å². The molecule has 0 radical (unpaired) electrons. The van der Waals surface area contributed by atoms with Crippen molar-refractivity contribution in [1.82, 2.24) is 14.8 Å². The largest absolute Gasteiger partial charge is 0.490 e. The molecule has 38 heavy (non-hydrogen) atoms. The van der Waals surface area contributed by atoms with Crippen LogP contribution in [0.15, 0.2) is 72.9 Å². The van der Waals surface area contributed by atoms with Gasteiger partial charge >= 0.3 is 6.18 Å². The average Bonchev–Trinajstić information content (AvgIpc) is 2.94. The minimum atomic E-state index is -4.56. The van der Waals surface area contributed by atoms with Crippen molar-refractivity contribution < 1.29 is 22.7 Å². The van der Waals surface area contributed by atoms with Crippen molar-refractivity contribution >= 4 is 11.7 Å². The zero-order valence-electron chi connectivity index (χ0n) is 21.1. The number of hydrogen-bond donors (Lipinski definition) is 0. The first kappa shape index (κ1) is 26.0. The summed E-state index contributed by atoms with van der Waals surface area (Å²) < 4.78 is 46.3. The summed E-state index contributed by atoms with van der Waals surface area (Å²) in [6, 6.07) is 19.0. The van der Waals surface area contributed by atoms with Crippen molar-refractivity contribution in [3.63, 3.8) is 0 Å². The summed E-state index contributed by atoms with van der Waals surface area (Å²) >= 11 is 0. The third-order valence-electron chi connectivity index (χ3n) is 7.15. The third-order valence-corrected chi connectivity index (χ3v) is 7.15. The first-order valence-electron chi connectivity index (χ1n) is 13.0. The van der Waals surface area contributed by atoms with Crippen LogP contribution in [0.3, 0.4) is 0 Å². The van der Waals surface area contributed by atoms with Crippen LogP contribution in [0.5, 0.6) is 5.75 Å². The molecule has 2 aromatic carbocycles. The molecule has 0 N–H and O–H groups in total. The highest BCUT2D eigenvalue weighted by Crippen LogP contribution is 2.33. The van der Waals surface area contributed by atoms with E-state index in [2.05, 4.69) is 26.9 Å². The lowest BCUT2D eigenvalue weighted by Crippen LogP contribution is -2.46. The van der Waals surface area contributed by atoms with Gasteiger partial charge in [0.05, 0.1) is 11.1 Å². The second-order valence-electron chi connectivity index (χ2n) is 9.75. The maximum atomic E-state index is 13.4. The second kappa shape index (κ2) is 11.4. The van der Waals surface area contributed by atoms with Crippen LogP contribution in [-0.2, 0) is 12.7 Å². The molecule has 2 aliphatic heterocycles. The number of rotatable bonds is 6. The maximum absolute atomic E-state index is 13.4. The smallest absolute Gasteiger partial charge is 0.417 e. The van der Waals surface area contributed by atoms with Crippen LogP contribution >= 0.6 is 0 Å². The van der Waals surface area contributed by atoms with Gasteiger partial charge in [-0.2, -0.15) is 13.2 Å². The zero-order chi connectivity index (χ0) is 26.5. The monoisotopic (exact) mass is 524 g/mol. The van der Waals surface area contributed by atoms with Gasteiger partial charge in [-0.05, 0) is 42.0 Å². The summed E-state index contributed by atoms with van der Waals surface area (Å²) in [5, 5.41) is 0. The van der Waals surface area contributed by atoms with Crippen molar-refractivity contribution in [3.8, 4) is 5.75 Å². The Morgan fingerprint density at radius 1 is 0.895 bits per heavy atom. The molecule has 2 saturated heterocycles. The number of carbonyl (C=O) groups is 1. The molecule has 3 heterocycles. The van der Waals surface area contributed by atoms with Crippen LogP contribution in [0.25, 0.3) is 0 Å². The number of nitrogens with zero attached hydrogens (tertiary/aromatic N) is 4. The van der Waals surface area contributed by atoms with E-state index in [1.807, 2.05) is 36.5 Å². The third kappa shape index (κ3) is 6.27. The van der Waals surface area contributed by atoms with E-state index >= 15 is 0 Å². The normalized spacial score (nSPS) is 17.4. The molecule has 1 amide bonds. The topological polar surface area (TPSA) is 48.9 Å². The molecular weight excluding hydrogens is 493 g/mol.